The van der Waals surface area contributed by atoms with Gasteiger partial charge in [-0.1, -0.05) is 12.1 Å². The highest BCUT2D eigenvalue weighted by Gasteiger charge is 2.19. The Balaban J connectivity index is 1.62. The van der Waals surface area contributed by atoms with Gasteiger partial charge in [0.2, 0.25) is 0 Å². The minimum absolute atomic E-state index is 0.178. The average Bonchev–Trinajstić information content (AvgIpc) is 3.08. The topological polar surface area (TPSA) is 72.1 Å². The Morgan fingerprint density at radius 2 is 1.80 bits per heavy atom. The Morgan fingerprint density at radius 1 is 0.960 bits per heavy atom. The number of furan rings is 1. The van der Waals surface area contributed by atoms with Crippen molar-refractivity contribution >= 4 is 11.0 Å². The number of hydrogen-bond acceptors (Lipinski definition) is 5. The first-order chi connectivity index (χ1) is 12.2. The molecule has 130 valence electrons. The molecule has 0 radical (unpaired) electrons. The van der Waals surface area contributed by atoms with Crippen molar-refractivity contribution in [2.24, 2.45) is 0 Å². The molecule has 1 aliphatic rings. The van der Waals surface area contributed by atoms with Crippen LogP contribution in [0.15, 0.2) is 46.9 Å². The number of aliphatic hydroxyl groups is 2. The van der Waals surface area contributed by atoms with Crippen LogP contribution in [0.2, 0.25) is 0 Å². The monoisotopic (exact) mass is 340 g/mol. The number of aryl methyl sites for hydroxylation is 1. The second-order valence-electron chi connectivity index (χ2n) is 6.15. The molecule has 2 N–H and O–H groups in total. The number of fused-ring (bicyclic) bond motifs is 2. The van der Waals surface area contributed by atoms with Crippen molar-refractivity contribution in [3.8, 4) is 11.5 Å². The maximum Gasteiger partial charge on any atom is 0.161 e. The fraction of sp³-hybridized carbons (Fsp3) is 0.300. The molecule has 1 atom stereocenters. The molecular weight excluding hydrogens is 320 g/mol. The van der Waals surface area contributed by atoms with Gasteiger partial charge < -0.3 is 24.1 Å². The summed E-state index contributed by atoms with van der Waals surface area (Å²) in [4.78, 5) is 0. The molecule has 0 saturated heterocycles. The zero-order chi connectivity index (χ0) is 17.2. The van der Waals surface area contributed by atoms with E-state index in [1.54, 1.807) is 6.07 Å². The van der Waals surface area contributed by atoms with E-state index in [9.17, 15) is 5.11 Å². The first kappa shape index (κ1) is 16.0. The normalized spacial score (nSPS) is 14.6. The quantitative estimate of drug-likeness (QED) is 0.746. The van der Waals surface area contributed by atoms with E-state index in [2.05, 4.69) is 0 Å². The van der Waals surface area contributed by atoms with Gasteiger partial charge in [0.05, 0.1) is 0 Å². The fourth-order valence-electron chi connectivity index (χ4n) is 3.08. The van der Waals surface area contributed by atoms with Gasteiger partial charge in [0.25, 0.3) is 0 Å². The lowest BCUT2D eigenvalue weighted by atomic mass is 10.0. The van der Waals surface area contributed by atoms with Gasteiger partial charge in [-0.3, -0.25) is 0 Å². The zero-order valence-corrected chi connectivity index (χ0v) is 13.8. The van der Waals surface area contributed by atoms with Crippen LogP contribution in [-0.4, -0.2) is 30.0 Å². The summed E-state index contributed by atoms with van der Waals surface area (Å²) in [5.41, 5.74) is 2.57. The van der Waals surface area contributed by atoms with Gasteiger partial charge in [0, 0.05) is 12.0 Å². The maximum atomic E-state index is 10.7. The summed E-state index contributed by atoms with van der Waals surface area (Å²) in [5.74, 6) is 1.83. The average molecular weight is 340 g/mol. The molecule has 4 rings (SSSR count). The Morgan fingerprint density at radius 3 is 2.64 bits per heavy atom. The summed E-state index contributed by atoms with van der Waals surface area (Å²) < 4.78 is 16.9. The van der Waals surface area contributed by atoms with Crippen LogP contribution >= 0.6 is 0 Å². The molecule has 0 fully saturated rings. The summed E-state index contributed by atoms with van der Waals surface area (Å²) in [6.07, 6.45) is 0.678. The third kappa shape index (κ3) is 3.21. The Bertz CT molecular complexity index is 883. The van der Waals surface area contributed by atoms with Gasteiger partial charge in [-0.05, 0) is 54.3 Å². The predicted octanol–water partition coefficient (Wildman–Crippen LogP) is 3.21. The van der Waals surface area contributed by atoms with Crippen LogP contribution < -0.4 is 9.47 Å². The Kier molecular flexibility index (Phi) is 4.34. The number of ether oxygens (including phenoxy) is 2. The highest BCUT2D eigenvalue weighted by molar-refractivity contribution is 5.79. The van der Waals surface area contributed by atoms with E-state index in [4.69, 9.17) is 19.0 Å². The summed E-state index contributed by atoms with van der Waals surface area (Å²) in [6.45, 7) is 1.22. The van der Waals surface area contributed by atoms with Crippen molar-refractivity contribution in [1.82, 2.24) is 0 Å². The molecule has 0 bridgehead atoms. The second kappa shape index (κ2) is 6.78. The van der Waals surface area contributed by atoms with E-state index in [1.807, 2.05) is 36.4 Å². The summed E-state index contributed by atoms with van der Waals surface area (Å²) >= 11 is 0. The molecule has 25 heavy (non-hydrogen) atoms. The lowest BCUT2D eigenvalue weighted by Crippen LogP contribution is -2.15. The van der Waals surface area contributed by atoms with Crippen molar-refractivity contribution in [2.45, 2.75) is 18.9 Å². The van der Waals surface area contributed by atoms with Crippen LogP contribution in [0, 0.1) is 0 Å². The molecule has 5 heteroatoms. The van der Waals surface area contributed by atoms with Gasteiger partial charge in [0.1, 0.15) is 30.7 Å². The van der Waals surface area contributed by atoms with E-state index in [0.29, 0.717) is 36.0 Å². The number of benzene rings is 2. The van der Waals surface area contributed by atoms with Crippen LogP contribution in [0.4, 0.5) is 0 Å². The number of hydrogen-bond donors (Lipinski definition) is 2. The lowest BCUT2D eigenvalue weighted by Gasteiger charge is -2.19. The van der Waals surface area contributed by atoms with E-state index >= 15 is 0 Å². The minimum Gasteiger partial charge on any atom is -0.486 e. The van der Waals surface area contributed by atoms with Crippen molar-refractivity contribution < 1.29 is 24.1 Å². The van der Waals surface area contributed by atoms with E-state index in [1.165, 1.54) is 0 Å². The zero-order valence-electron chi connectivity index (χ0n) is 13.8. The van der Waals surface area contributed by atoms with Crippen molar-refractivity contribution in [1.29, 1.82) is 0 Å². The smallest absolute Gasteiger partial charge is 0.161 e. The lowest BCUT2D eigenvalue weighted by molar-refractivity contribution is 0.168. The van der Waals surface area contributed by atoms with E-state index < -0.39 is 6.10 Å². The predicted molar refractivity (Wildman–Crippen MR) is 93.1 cm³/mol. The summed E-state index contributed by atoms with van der Waals surface area (Å²) in [6, 6.07) is 13.2. The van der Waals surface area contributed by atoms with Gasteiger partial charge >= 0.3 is 0 Å². The number of aliphatic hydroxyl groups excluding tert-OH is 2. The molecule has 2 aromatic carbocycles. The standard InChI is InChI=1S/C20H20O5/c21-7-1-2-13-3-5-16-15(10-13)12-19(25-16)20(22)14-4-6-17-18(11-14)24-9-8-23-17/h3-6,10-12,20-22H,1-2,7-9H2. The SMILES string of the molecule is OCCCc1ccc2oc(C(O)c3ccc4c(c3)OCCO4)cc2c1. The molecule has 0 amide bonds. The van der Waals surface area contributed by atoms with E-state index in [0.717, 1.165) is 29.4 Å². The molecule has 1 unspecified atom stereocenters. The molecule has 1 aliphatic heterocycles. The molecule has 2 heterocycles. The molecular formula is C20H20O5. The summed E-state index contributed by atoms with van der Waals surface area (Å²) in [7, 11) is 0. The van der Waals surface area contributed by atoms with Gasteiger partial charge in [-0.25, -0.2) is 0 Å². The highest BCUT2D eigenvalue weighted by Crippen LogP contribution is 2.35. The van der Waals surface area contributed by atoms with Gasteiger partial charge in [-0.15, -0.1) is 0 Å². The Labute approximate surface area is 145 Å². The molecule has 0 spiro atoms. The van der Waals surface area contributed by atoms with Crippen LogP contribution in [0.25, 0.3) is 11.0 Å². The van der Waals surface area contributed by atoms with Crippen molar-refractivity contribution in [3.63, 3.8) is 0 Å². The first-order valence-electron chi connectivity index (χ1n) is 8.45. The summed E-state index contributed by atoms with van der Waals surface area (Å²) in [5, 5.41) is 20.6. The molecule has 1 aromatic heterocycles. The van der Waals surface area contributed by atoms with Gasteiger partial charge in [0.15, 0.2) is 11.5 Å². The van der Waals surface area contributed by atoms with Crippen LogP contribution in [0.5, 0.6) is 11.5 Å². The second-order valence-corrected chi connectivity index (χ2v) is 6.15. The van der Waals surface area contributed by atoms with Crippen molar-refractivity contribution in [2.75, 3.05) is 19.8 Å². The third-order valence-electron chi connectivity index (χ3n) is 4.37. The van der Waals surface area contributed by atoms with E-state index in [-0.39, 0.29) is 6.61 Å². The first-order valence-corrected chi connectivity index (χ1v) is 8.45. The largest absolute Gasteiger partial charge is 0.486 e. The third-order valence-corrected chi connectivity index (χ3v) is 4.37. The number of rotatable bonds is 5. The van der Waals surface area contributed by atoms with Crippen LogP contribution in [-0.2, 0) is 6.42 Å². The Hall–Kier alpha value is -2.50. The van der Waals surface area contributed by atoms with Gasteiger partial charge in [-0.2, -0.15) is 0 Å². The fourth-order valence-corrected chi connectivity index (χ4v) is 3.08. The van der Waals surface area contributed by atoms with Crippen molar-refractivity contribution in [3.05, 3.63) is 59.4 Å². The minimum atomic E-state index is -0.871. The molecule has 0 aliphatic carbocycles. The maximum absolute atomic E-state index is 10.7. The highest BCUT2D eigenvalue weighted by atomic mass is 16.6. The molecule has 3 aromatic rings. The molecule has 0 saturated carbocycles. The molecule has 5 nitrogen and oxygen atoms in total. The van der Waals surface area contributed by atoms with Crippen LogP contribution in [0.3, 0.4) is 0 Å². The van der Waals surface area contributed by atoms with Crippen LogP contribution in [0.1, 0.15) is 29.4 Å².